The van der Waals surface area contributed by atoms with E-state index in [9.17, 15) is 19.2 Å². The lowest BCUT2D eigenvalue weighted by Crippen LogP contribution is -2.48. The van der Waals surface area contributed by atoms with Gasteiger partial charge in [-0.05, 0) is 59.9 Å². The molecule has 0 aromatic heterocycles. The minimum atomic E-state index is -1.07. The normalized spacial score (nSPS) is 30.5. The van der Waals surface area contributed by atoms with Crippen molar-refractivity contribution < 1.29 is 28.7 Å². The Labute approximate surface area is 202 Å². The molecule has 7 rings (SSSR count). The van der Waals surface area contributed by atoms with E-state index < -0.39 is 18.0 Å². The monoisotopic (exact) mass is 471 g/mol. The largest absolute Gasteiger partial charge is 0.465 e. The average Bonchev–Trinajstić information content (AvgIpc) is 3.67. The van der Waals surface area contributed by atoms with Crippen LogP contribution in [0, 0.1) is 35.5 Å². The number of allylic oxidation sites excluding steroid dienone is 2. The number of ether oxygens (including phenoxy) is 2. The molecule has 7 atom stereocenters. The number of amides is 2. The van der Waals surface area contributed by atoms with Gasteiger partial charge < -0.3 is 9.47 Å². The van der Waals surface area contributed by atoms with Gasteiger partial charge in [0.1, 0.15) is 11.8 Å². The van der Waals surface area contributed by atoms with Gasteiger partial charge in [-0.25, -0.2) is 9.59 Å². The summed E-state index contributed by atoms with van der Waals surface area (Å²) in [6, 6.07) is 14.2. The first-order valence-corrected chi connectivity index (χ1v) is 12.0. The number of imide groups is 1. The Morgan fingerprint density at radius 3 is 2.09 bits per heavy atom. The van der Waals surface area contributed by atoms with Crippen LogP contribution in [0.25, 0.3) is 0 Å². The molecule has 0 unspecified atom stereocenters. The highest BCUT2D eigenvalue weighted by Gasteiger charge is 2.68. The number of benzene rings is 2. The fourth-order valence-electron chi connectivity index (χ4n) is 6.37. The van der Waals surface area contributed by atoms with Gasteiger partial charge >= 0.3 is 11.9 Å². The van der Waals surface area contributed by atoms with E-state index in [4.69, 9.17) is 9.47 Å². The van der Waals surface area contributed by atoms with Crippen LogP contribution in [0.15, 0.2) is 66.7 Å². The van der Waals surface area contributed by atoms with Crippen molar-refractivity contribution in [2.45, 2.75) is 18.9 Å². The summed E-state index contributed by atoms with van der Waals surface area (Å²) in [6.07, 6.45) is 5.48. The summed E-state index contributed by atoms with van der Waals surface area (Å²) >= 11 is 0. The molecule has 1 heterocycles. The van der Waals surface area contributed by atoms with Crippen molar-refractivity contribution in [1.29, 1.82) is 0 Å². The summed E-state index contributed by atoms with van der Waals surface area (Å²) in [6.45, 7) is 0. The third-order valence-corrected chi connectivity index (χ3v) is 8.05. The number of nitrogens with zero attached hydrogens (tertiary/aromatic N) is 1. The van der Waals surface area contributed by atoms with Crippen molar-refractivity contribution in [3.8, 4) is 5.75 Å². The summed E-state index contributed by atoms with van der Waals surface area (Å²) in [7, 11) is 1.29. The molecule has 5 aliphatic rings. The van der Waals surface area contributed by atoms with Gasteiger partial charge in [-0.3, -0.25) is 14.5 Å². The van der Waals surface area contributed by atoms with Crippen molar-refractivity contribution in [1.82, 2.24) is 4.90 Å². The second-order valence-electron chi connectivity index (χ2n) is 9.84. The van der Waals surface area contributed by atoms with E-state index in [1.807, 2.05) is 30.3 Å². The number of rotatable bonds is 6. The minimum Gasteiger partial charge on any atom is -0.465 e. The Balaban J connectivity index is 1.29. The number of esters is 2. The number of carbonyl (C=O) groups excluding carboxylic acids is 4. The van der Waals surface area contributed by atoms with E-state index in [1.165, 1.54) is 36.3 Å². The predicted octanol–water partition coefficient (Wildman–Crippen LogP) is 3.04. The van der Waals surface area contributed by atoms with E-state index in [0.717, 1.165) is 12.0 Å². The molecule has 1 aliphatic heterocycles. The maximum atomic E-state index is 13.7. The molecule has 2 amide bonds. The molecule has 2 aromatic rings. The van der Waals surface area contributed by atoms with Crippen LogP contribution in [0.1, 0.15) is 22.3 Å². The maximum Gasteiger partial charge on any atom is 0.337 e. The van der Waals surface area contributed by atoms with Gasteiger partial charge in [0.25, 0.3) is 0 Å². The predicted molar refractivity (Wildman–Crippen MR) is 124 cm³/mol. The first-order valence-electron chi connectivity index (χ1n) is 12.0. The van der Waals surface area contributed by atoms with E-state index >= 15 is 0 Å². The standard InChI is InChI=1S/C28H25NO6/c1-34-27(32)16-7-9-17(10-8-16)35-28(33)22(13-15-5-3-2-4-6-15)29-25(30)23-18-11-12-19(21-14-20(18)21)24(23)26(29)31/h2-12,18-24H,13-14H2,1H3/t18-,19-,20-,21+,22-,23+,24+/m0/s1. The van der Waals surface area contributed by atoms with E-state index in [0.29, 0.717) is 17.4 Å². The highest BCUT2D eigenvalue weighted by molar-refractivity contribution is 6.09. The van der Waals surface area contributed by atoms with Crippen LogP contribution in [0.4, 0.5) is 0 Å². The minimum absolute atomic E-state index is 0.0794. The summed E-state index contributed by atoms with van der Waals surface area (Å²) in [5, 5.41) is 0. The van der Waals surface area contributed by atoms with Crippen LogP contribution in [0.5, 0.6) is 5.75 Å². The van der Waals surface area contributed by atoms with Gasteiger partial charge in [-0.2, -0.15) is 0 Å². The molecule has 0 radical (unpaired) electrons. The van der Waals surface area contributed by atoms with Crippen molar-refractivity contribution >= 4 is 23.8 Å². The van der Waals surface area contributed by atoms with E-state index in [1.54, 1.807) is 0 Å². The smallest absolute Gasteiger partial charge is 0.337 e. The van der Waals surface area contributed by atoms with Crippen LogP contribution in [-0.2, 0) is 25.5 Å². The lowest BCUT2D eigenvalue weighted by molar-refractivity contribution is -0.153. The van der Waals surface area contributed by atoms with Gasteiger partial charge in [0.2, 0.25) is 11.8 Å². The number of carbonyl (C=O) groups is 4. The number of likely N-dealkylation sites (tertiary alicyclic amines) is 1. The summed E-state index contributed by atoms with van der Waals surface area (Å²) in [4.78, 5) is 53.6. The lowest BCUT2D eigenvalue weighted by atomic mass is 9.63. The molecular formula is C28H25NO6. The maximum absolute atomic E-state index is 13.7. The van der Waals surface area contributed by atoms with E-state index in [-0.39, 0.29) is 47.7 Å². The van der Waals surface area contributed by atoms with Gasteiger partial charge in [0, 0.05) is 6.42 Å². The molecule has 0 N–H and O–H groups in total. The van der Waals surface area contributed by atoms with Crippen LogP contribution >= 0.6 is 0 Å². The molecule has 4 aliphatic carbocycles. The third kappa shape index (κ3) is 3.49. The molecule has 178 valence electrons. The molecule has 2 saturated carbocycles. The van der Waals surface area contributed by atoms with Gasteiger partial charge in [0.15, 0.2) is 0 Å². The molecule has 35 heavy (non-hydrogen) atoms. The first kappa shape index (κ1) is 21.8. The molecule has 1 saturated heterocycles. The third-order valence-electron chi connectivity index (χ3n) is 8.05. The molecule has 3 fully saturated rings. The highest BCUT2D eigenvalue weighted by Crippen LogP contribution is 2.65. The number of hydrogen-bond donors (Lipinski definition) is 0. The zero-order chi connectivity index (χ0) is 24.3. The highest BCUT2D eigenvalue weighted by atomic mass is 16.5. The summed E-state index contributed by atoms with van der Waals surface area (Å²) in [5.74, 6) is -1.11. The van der Waals surface area contributed by atoms with Crippen LogP contribution in [0.2, 0.25) is 0 Å². The van der Waals surface area contributed by atoms with Crippen molar-refractivity contribution in [3.05, 3.63) is 77.9 Å². The van der Waals surface area contributed by atoms with Gasteiger partial charge in [-0.15, -0.1) is 0 Å². The molecule has 7 nitrogen and oxygen atoms in total. The van der Waals surface area contributed by atoms with Crippen molar-refractivity contribution in [3.63, 3.8) is 0 Å². The zero-order valence-electron chi connectivity index (χ0n) is 19.2. The molecule has 7 heteroatoms. The Bertz CT molecular complexity index is 1200. The van der Waals surface area contributed by atoms with Crippen LogP contribution < -0.4 is 4.74 Å². The van der Waals surface area contributed by atoms with Crippen LogP contribution in [0.3, 0.4) is 0 Å². The number of methoxy groups -OCH3 is 1. The SMILES string of the molecule is COC(=O)c1ccc(OC(=O)[C@H](Cc2ccccc2)N2C(=O)[C@@H]3[C@H]4C=C[C@@H]([C@@H]5C[C@H]45)[C@H]3C2=O)cc1. The number of hydrogen-bond acceptors (Lipinski definition) is 6. The molecule has 2 aromatic carbocycles. The summed E-state index contributed by atoms with van der Waals surface area (Å²) < 4.78 is 10.3. The second-order valence-corrected chi connectivity index (χ2v) is 9.84. The van der Waals surface area contributed by atoms with Crippen molar-refractivity contribution in [2.75, 3.05) is 7.11 Å². The summed E-state index contributed by atoms with van der Waals surface area (Å²) in [5.41, 5.74) is 1.15. The molecule has 0 spiro atoms. The Morgan fingerprint density at radius 1 is 0.914 bits per heavy atom. The Hall–Kier alpha value is -3.74. The van der Waals surface area contributed by atoms with Crippen LogP contribution in [-0.4, -0.2) is 41.8 Å². The first-order chi connectivity index (χ1) is 17.0. The van der Waals surface area contributed by atoms with Gasteiger partial charge in [0.05, 0.1) is 24.5 Å². The molecule has 2 bridgehead atoms. The average molecular weight is 472 g/mol. The quantitative estimate of drug-likeness (QED) is 0.278. The zero-order valence-corrected chi connectivity index (χ0v) is 19.2. The van der Waals surface area contributed by atoms with Gasteiger partial charge in [-0.1, -0.05) is 42.5 Å². The fourth-order valence-corrected chi connectivity index (χ4v) is 6.37. The lowest BCUT2D eigenvalue weighted by Gasteiger charge is -2.37. The Morgan fingerprint density at radius 2 is 1.51 bits per heavy atom. The van der Waals surface area contributed by atoms with E-state index in [2.05, 4.69) is 12.2 Å². The molecular weight excluding hydrogens is 446 g/mol. The van der Waals surface area contributed by atoms with Crippen molar-refractivity contribution in [2.24, 2.45) is 35.5 Å². The fraction of sp³-hybridized carbons (Fsp3) is 0.357. The topological polar surface area (TPSA) is 90.0 Å². The second kappa shape index (κ2) is 8.18. The Kier molecular flexibility index (Phi) is 5.09.